The number of carbonyl (C=O) groups is 2. The predicted octanol–water partition coefficient (Wildman–Crippen LogP) is -0.523. The van der Waals surface area contributed by atoms with Gasteiger partial charge in [-0.2, -0.15) is 0 Å². The highest BCUT2D eigenvalue weighted by Gasteiger charge is 2.26. The van der Waals surface area contributed by atoms with E-state index in [1.165, 1.54) is 0 Å². The Morgan fingerprint density at radius 1 is 1.25 bits per heavy atom. The normalized spacial score (nSPS) is 27.1. The fraction of sp³-hybridized carbons (Fsp3) is 0.818. The van der Waals surface area contributed by atoms with Gasteiger partial charge in [-0.3, -0.25) is 9.59 Å². The van der Waals surface area contributed by atoms with Gasteiger partial charge in [-0.25, -0.2) is 0 Å². The number of nitrogens with zero attached hydrogens (tertiary/aromatic N) is 1. The standard InChI is InChI=1S/C11H19N3O2/c15-10-4-7-14(8-6-13-10)11(16)9-3-1-2-5-12-9/h9,12H,1-8H2,(H,13,15)/t9-/m0/s1. The van der Waals surface area contributed by atoms with Crippen LogP contribution in [-0.2, 0) is 9.59 Å². The topological polar surface area (TPSA) is 61.4 Å². The minimum atomic E-state index is -0.0260. The van der Waals surface area contributed by atoms with Gasteiger partial charge in [0.2, 0.25) is 11.8 Å². The molecule has 2 saturated heterocycles. The van der Waals surface area contributed by atoms with Crippen LogP contribution in [0.1, 0.15) is 25.7 Å². The van der Waals surface area contributed by atoms with Crippen molar-refractivity contribution in [3.8, 4) is 0 Å². The molecule has 0 bridgehead atoms. The Balaban J connectivity index is 1.89. The third kappa shape index (κ3) is 2.72. The van der Waals surface area contributed by atoms with Gasteiger partial charge in [0, 0.05) is 26.1 Å². The first kappa shape index (κ1) is 11.4. The predicted molar refractivity (Wildman–Crippen MR) is 59.8 cm³/mol. The van der Waals surface area contributed by atoms with Crippen LogP contribution in [0.2, 0.25) is 0 Å². The van der Waals surface area contributed by atoms with E-state index in [9.17, 15) is 9.59 Å². The van der Waals surface area contributed by atoms with Gasteiger partial charge in [0.05, 0.1) is 6.04 Å². The molecule has 1 atom stereocenters. The monoisotopic (exact) mass is 225 g/mol. The molecule has 2 heterocycles. The fourth-order valence-electron chi connectivity index (χ4n) is 2.27. The van der Waals surface area contributed by atoms with Gasteiger partial charge in [-0.15, -0.1) is 0 Å². The van der Waals surface area contributed by atoms with E-state index in [1.807, 2.05) is 0 Å². The molecule has 5 heteroatoms. The van der Waals surface area contributed by atoms with Crippen molar-refractivity contribution in [2.75, 3.05) is 26.2 Å². The lowest BCUT2D eigenvalue weighted by molar-refractivity contribution is -0.133. The molecule has 90 valence electrons. The Labute approximate surface area is 95.6 Å². The molecule has 0 radical (unpaired) electrons. The summed E-state index contributed by atoms with van der Waals surface area (Å²) in [5.74, 6) is 0.211. The SMILES string of the molecule is O=C1CCN(C(=O)[C@@H]2CCCCN2)CCN1. The minimum Gasteiger partial charge on any atom is -0.354 e. The maximum atomic E-state index is 12.1. The second-order valence-corrected chi connectivity index (χ2v) is 4.43. The quantitative estimate of drug-likeness (QED) is 0.631. The molecule has 0 unspecified atom stereocenters. The zero-order valence-electron chi connectivity index (χ0n) is 9.50. The van der Waals surface area contributed by atoms with Crippen molar-refractivity contribution < 1.29 is 9.59 Å². The molecule has 0 aliphatic carbocycles. The van der Waals surface area contributed by atoms with Crippen molar-refractivity contribution in [1.82, 2.24) is 15.5 Å². The van der Waals surface area contributed by atoms with E-state index in [4.69, 9.17) is 0 Å². The third-order valence-electron chi connectivity index (χ3n) is 3.23. The van der Waals surface area contributed by atoms with Crippen LogP contribution < -0.4 is 10.6 Å². The third-order valence-corrected chi connectivity index (χ3v) is 3.23. The van der Waals surface area contributed by atoms with E-state index in [0.29, 0.717) is 26.1 Å². The molecule has 0 saturated carbocycles. The highest BCUT2D eigenvalue weighted by molar-refractivity contribution is 5.83. The van der Waals surface area contributed by atoms with Gasteiger partial charge in [0.1, 0.15) is 0 Å². The van der Waals surface area contributed by atoms with Crippen molar-refractivity contribution in [1.29, 1.82) is 0 Å². The van der Waals surface area contributed by atoms with Gasteiger partial charge >= 0.3 is 0 Å². The second kappa shape index (κ2) is 5.30. The summed E-state index contributed by atoms with van der Waals surface area (Å²) >= 11 is 0. The van der Waals surface area contributed by atoms with Gasteiger partial charge in [-0.05, 0) is 19.4 Å². The van der Waals surface area contributed by atoms with Crippen LogP contribution in [0.5, 0.6) is 0 Å². The number of nitrogens with one attached hydrogen (secondary N) is 2. The molecule has 2 rings (SSSR count). The minimum absolute atomic E-state index is 0.0260. The fourth-order valence-corrected chi connectivity index (χ4v) is 2.27. The number of hydrogen-bond acceptors (Lipinski definition) is 3. The van der Waals surface area contributed by atoms with Crippen LogP contribution in [0.15, 0.2) is 0 Å². The summed E-state index contributed by atoms with van der Waals surface area (Å²) in [6.07, 6.45) is 3.63. The van der Waals surface area contributed by atoms with Crippen LogP contribution in [0.25, 0.3) is 0 Å². The Kier molecular flexibility index (Phi) is 3.77. The molecule has 0 aromatic carbocycles. The van der Waals surface area contributed by atoms with Crippen molar-refractivity contribution in [3.63, 3.8) is 0 Å². The lowest BCUT2D eigenvalue weighted by atomic mass is 10.0. The Hall–Kier alpha value is -1.10. The lowest BCUT2D eigenvalue weighted by Gasteiger charge is -2.28. The van der Waals surface area contributed by atoms with Gasteiger partial charge in [-0.1, -0.05) is 6.42 Å². The molecular weight excluding hydrogens is 206 g/mol. The average Bonchev–Trinajstić information content (AvgIpc) is 2.54. The zero-order valence-corrected chi connectivity index (χ0v) is 9.50. The summed E-state index contributed by atoms with van der Waals surface area (Å²) in [6.45, 7) is 2.71. The van der Waals surface area contributed by atoms with Crippen LogP contribution in [0.4, 0.5) is 0 Å². The Bertz CT molecular complexity index is 274. The summed E-state index contributed by atoms with van der Waals surface area (Å²) in [4.78, 5) is 25.1. The van der Waals surface area contributed by atoms with Crippen molar-refractivity contribution in [2.24, 2.45) is 0 Å². The van der Waals surface area contributed by atoms with Crippen molar-refractivity contribution in [2.45, 2.75) is 31.7 Å². The van der Waals surface area contributed by atoms with Gasteiger partial charge in [0.25, 0.3) is 0 Å². The summed E-state index contributed by atoms with van der Waals surface area (Å²) in [5, 5.41) is 6.03. The molecule has 0 spiro atoms. The van der Waals surface area contributed by atoms with Crippen LogP contribution in [0, 0.1) is 0 Å². The van der Waals surface area contributed by atoms with E-state index in [2.05, 4.69) is 10.6 Å². The van der Waals surface area contributed by atoms with Gasteiger partial charge in [0.15, 0.2) is 0 Å². The van der Waals surface area contributed by atoms with Crippen LogP contribution in [-0.4, -0.2) is 48.9 Å². The number of hydrogen-bond donors (Lipinski definition) is 2. The molecule has 2 aliphatic heterocycles. The number of rotatable bonds is 1. The van der Waals surface area contributed by atoms with E-state index < -0.39 is 0 Å². The number of carbonyl (C=O) groups excluding carboxylic acids is 2. The molecule has 0 aromatic heterocycles. The zero-order chi connectivity index (χ0) is 11.4. The molecule has 2 fully saturated rings. The maximum absolute atomic E-state index is 12.1. The van der Waals surface area contributed by atoms with E-state index in [0.717, 1.165) is 25.8 Å². The number of amides is 2. The Morgan fingerprint density at radius 2 is 2.12 bits per heavy atom. The van der Waals surface area contributed by atoms with Gasteiger partial charge < -0.3 is 15.5 Å². The molecule has 0 aromatic rings. The molecular formula is C11H19N3O2. The summed E-state index contributed by atoms with van der Waals surface area (Å²) < 4.78 is 0. The molecule has 2 aliphatic rings. The van der Waals surface area contributed by atoms with E-state index >= 15 is 0 Å². The van der Waals surface area contributed by atoms with Crippen LogP contribution >= 0.6 is 0 Å². The summed E-state index contributed by atoms with van der Waals surface area (Å²) in [7, 11) is 0. The number of piperidine rings is 1. The highest BCUT2D eigenvalue weighted by Crippen LogP contribution is 2.10. The maximum Gasteiger partial charge on any atom is 0.239 e. The molecule has 5 nitrogen and oxygen atoms in total. The lowest BCUT2D eigenvalue weighted by Crippen LogP contribution is -2.49. The van der Waals surface area contributed by atoms with E-state index in [-0.39, 0.29) is 17.9 Å². The first-order valence-corrected chi connectivity index (χ1v) is 6.06. The smallest absolute Gasteiger partial charge is 0.239 e. The second-order valence-electron chi connectivity index (χ2n) is 4.43. The largest absolute Gasteiger partial charge is 0.354 e. The van der Waals surface area contributed by atoms with Crippen LogP contribution in [0.3, 0.4) is 0 Å². The summed E-state index contributed by atoms with van der Waals surface area (Å²) in [5.41, 5.74) is 0. The molecule has 2 N–H and O–H groups in total. The van der Waals surface area contributed by atoms with Crippen molar-refractivity contribution in [3.05, 3.63) is 0 Å². The molecule has 2 amide bonds. The Morgan fingerprint density at radius 3 is 2.88 bits per heavy atom. The average molecular weight is 225 g/mol. The van der Waals surface area contributed by atoms with Crippen molar-refractivity contribution >= 4 is 11.8 Å². The molecule has 16 heavy (non-hydrogen) atoms. The van der Waals surface area contributed by atoms with E-state index in [1.54, 1.807) is 4.90 Å². The summed E-state index contributed by atoms with van der Waals surface area (Å²) in [6, 6.07) is -0.0260. The first-order chi connectivity index (χ1) is 7.77. The first-order valence-electron chi connectivity index (χ1n) is 6.06. The highest BCUT2D eigenvalue weighted by atomic mass is 16.2.